The van der Waals surface area contributed by atoms with Crippen molar-refractivity contribution >= 4 is 11.5 Å². The normalized spacial score (nSPS) is 17.0. The van der Waals surface area contributed by atoms with Crippen LogP contribution in [0.2, 0.25) is 0 Å². The molecule has 8 N–H and O–H groups in total. The highest BCUT2D eigenvalue weighted by molar-refractivity contribution is 5.56. The molecule has 0 saturated heterocycles. The van der Waals surface area contributed by atoms with Crippen LogP contribution >= 0.6 is 0 Å². The molecule has 3 atom stereocenters. The summed E-state index contributed by atoms with van der Waals surface area (Å²) in [6.45, 7) is -0.768. The fraction of sp³-hybridized carbons (Fsp3) is 0.625. The summed E-state index contributed by atoms with van der Waals surface area (Å²) in [5.41, 5.74) is 11.2. The van der Waals surface area contributed by atoms with E-state index in [2.05, 4.69) is 5.10 Å². The molecule has 8 nitrogen and oxygen atoms in total. The fourth-order valence-corrected chi connectivity index (χ4v) is 1.20. The van der Waals surface area contributed by atoms with Gasteiger partial charge in [-0.2, -0.15) is 5.10 Å². The molecule has 0 aliphatic rings. The molecule has 0 radical (unpaired) electrons. The van der Waals surface area contributed by atoms with Crippen LogP contribution in [0, 0.1) is 0 Å². The molecule has 0 bridgehead atoms. The zero-order valence-corrected chi connectivity index (χ0v) is 8.56. The van der Waals surface area contributed by atoms with Crippen LogP contribution in [-0.4, -0.2) is 55.1 Å². The minimum Gasteiger partial charge on any atom is -0.394 e. The highest BCUT2D eigenvalue weighted by Crippen LogP contribution is 2.14. The topological polar surface area (TPSA) is 151 Å². The summed E-state index contributed by atoms with van der Waals surface area (Å²) >= 11 is 0. The predicted molar refractivity (Wildman–Crippen MR) is 56.2 cm³/mol. The number of hydrogen-bond donors (Lipinski definition) is 6. The lowest BCUT2D eigenvalue weighted by Crippen LogP contribution is -2.41. The largest absolute Gasteiger partial charge is 0.394 e. The third-order valence-corrected chi connectivity index (χ3v) is 2.25. The number of anilines is 2. The van der Waals surface area contributed by atoms with Crippen molar-refractivity contribution in [2.45, 2.75) is 24.9 Å². The predicted octanol–water partition coefficient (Wildman–Crippen LogP) is -2.88. The number of aliphatic hydroxyl groups is 4. The van der Waals surface area contributed by atoms with Crippen molar-refractivity contribution in [1.82, 2.24) is 9.78 Å². The Hall–Kier alpha value is -1.35. The van der Waals surface area contributed by atoms with Gasteiger partial charge in [-0.3, -0.25) is 0 Å². The molecule has 1 rings (SSSR count). The minimum absolute atomic E-state index is 0.124. The first kappa shape index (κ1) is 12.7. The monoisotopic (exact) mass is 232 g/mol. The molecule has 1 heterocycles. The van der Waals surface area contributed by atoms with Gasteiger partial charge in [0.1, 0.15) is 24.1 Å². The molecule has 3 unspecified atom stereocenters. The summed E-state index contributed by atoms with van der Waals surface area (Å²) in [5.74, 6) is 0.171. The molecule has 0 aromatic carbocycles. The van der Waals surface area contributed by atoms with E-state index in [1.165, 1.54) is 10.9 Å². The van der Waals surface area contributed by atoms with Crippen LogP contribution < -0.4 is 11.5 Å². The molecule has 0 aliphatic carbocycles. The standard InChI is InChI=1S/C8H16N4O4/c9-4-1-11-12(8(4)10)2-5(14)7(16)6(15)3-13/h1,5-7,13-16H,2-3,9-10H2. The maximum absolute atomic E-state index is 9.53. The van der Waals surface area contributed by atoms with Crippen LogP contribution in [0.1, 0.15) is 0 Å². The summed E-state index contributed by atoms with van der Waals surface area (Å²) < 4.78 is 1.20. The number of nitrogens with zero attached hydrogens (tertiary/aromatic N) is 2. The Kier molecular flexibility index (Phi) is 4.07. The molecule has 16 heavy (non-hydrogen) atoms. The molecular weight excluding hydrogens is 216 g/mol. The second kappa shape index (κ2) is 5.12. The van der Waals surface area contributed by atoms with E-state index in [4.69, 9.17) is 21.7 Å². The Morgan fingerprint density at radius 1 is 1.25 bits per heavy atom. The van der Waals surface area contributed by atoms with E-state index in [9.17, 15) is 10.2 Å². The van der Waals surface area contributed by atoms with Gasteiger partial charge in [-0.1, -0.05) is 0 Å². The third kappa shape index (κ3) is 2.61. The Balaban J connectivity index is 2.64. The first-order valence-corrected chi connectivity index (χ1v) is 4.69. The summed E-state index contributed by atoms with van der Waals surface area (Å²) in [4.78, 5) is 0. The van der Waals surface area contributed by atoms with Crippen LogP contribution in [0.15, 0.2) is 6.20 Å². The number of nitrogens with two attached hydrogens (primary N) is 2. The second-order valence-electron chi connectivity index (χ2n) is 3.48. The van der Waals surface area contributed by atoms with Crippen molar-refractivity contribution in [1.29, 1.82) is 0 Å². The molecule has 0 saturated carbocycles. The summed E-state index contributed by atoms with van der Waals surface area (Å²) in [5, 5.41) is 40.4. The number of nitrogen functional groups attached to an aromatic ring is 2. The van der Waals surface area contributed by atoms with E-state index >= 15 is 0 Å². The zero-order chi connectivity index (χ0) is 12.3. The minimum atomic E-state index is -1.48. The van der Waals surface area contributed by atoms with Gasteiger partial charge in [-0.05, 0) is 0 Å². The highest BCUT2D eigenvalue weighted by atomic mass is 16.4. The van der Waals surface area contributed by atoms with E-state index in [0.717, 1.165) is 0 Å². The number of hydrogen-bond acceptors (Lipinski definition) is 7. The third-order valence-electron chi connectivity index (χ3n) is 2.25. The average Bonchev–Trinajstić information content (AvgIpc) is 2.58. The molecule has 8 heteroatoms. The van der Waals surface area contributed by atoms with E-state index in [1.54, 1.807) is 0 Å². The van der Waals surface area contributed by atoms with Gasteiger partial charge in [-0.15, -0.1) is 0 Å². The van der Waals surface area contributed by atoms with Crippen LogP contribution in [0.25, 0.3) is 0 Å². The average molecular weight is 232 g/mol. The van der Waals surface area contributed by atoms with Crippen molar-refractivity contribution in [3.63, 3.8) is 0 Å². The lowest BCUT2D eigenvalue weighted by atomic mass is 10.1. The van der Waals surface area contributed by atoms with Crippen LogP contribution in [0.3, 0.4) is 0 Å². The summed E-state index contributed by atoms with van der Waals surface area (Å²) in [6, 6.07) is 0. The summed E-state index contributed by atoms with van der Waals surface area (Å²) in [7, 11) is 0. The lowest BCUT2D eigenvalue weighted by Gasteiger charge is -2.21. The first-order chi connectivity index (χ1) is 7.47. The van der Waals surface area contributed by atoms with E-state index in [-0.39, 0.29) is 18.1 Å². The van der Waals surface area contributed by atoms with Crippen molar-refractivity contribution in [3.05, 3.63) is 6.20 Å². The first-order valence-electron chi connectivity index (χ1n) is 4.69. The van der Waals surface area contributed by atoms with E-state index in [1.807, 2.05) is 0 Å². The highest BCUT2D eigenvalue weighted by Gasteiger charge is 2.25. The van der Waals surface area contributed by atoms with Crippen molar-refractivity contribution in [2.75, 3.05) is 18.1 Å². The molecule has 92 valence electrons. The van der Waals surface area contributed by atoms with Gasteiger partial charge < -0.3 is 31.9 Å². The molecule has 0 spiro atoms. The molecule has 0 fully saturated rings. The van der Waals surface area contributed by atoms with Crippen molar-refractivity contribution in [3.8, 4) is 0 Å². The fourth-order valence-electron chi connectivity index (χ4n) is 1.20. The van der Waals surface area contributed by atoms with Gasteiger partial charge in [0.15, 0.2) is 0 Å². The SMILES string of the molecule is Nc1cnn(CC(O)C(O)C(O)CO)c1N. The molecule has 1 aromatic heterocycles. The Labute approximate surface area is 91.7 Å². The quantitative estimate of drug-likeness (QED) is 0.319. The Morgan fingerprint density at radius 2 is 1.88 bits per heavy atom. The van der Waals surface area contributed by atoms with Crippen LogP contribution in [-0.2, 0) is 6.54 Å². The molecule has 0 amide bonds. The van der Waals surface area contributed by atoms with E-state index < -0.39 is 24.9 Å². The van der Waals surface area contributed by atoms with Gasteiger partial charge >= 0.3 is 0 Å². The van der Waals surface area contributed by atoms with E-state index in [0.29, 0.717) is 0 Å². The second-order valence-corrected chi connectivity index (χ2v) is 3.48. The van der Waals surface area contributed by atoms with Gasteiger partial charge in [-0.25, -0.2) is 4.68 Å². The summed E-state index contributed by atoms with van der Waals surface area (Å²) in [6.07, 6.45) is -2.88. The van der Waals surface area contributed by atoms with Gasteiger partial charge in [0.25, 0.3) is 0 Å². The zero-order valence-electron chi connectivity index (χ0n) is 8.56. The Morgan fingerprint density at radius 3 is 2.31 bits per heavy atom. The lowest BCUT2D eigenvalue weighted by molar-refractivity contribution is -0.0812. The number of aliphatic hydroxyl groups excluding tert-OH is 4. The van der Waals surface area contributed by atoms with Crippen molar-refractivity contribution in [2.24, 2.45) is 0 Å². The smallest absolute Gasteiger partial charge is 0.145 e. The number of aromatic nitrogens is 2. The number of rotatable bonds is 5. The van der Waals surface area contributed by atoms with Crippen LogP contribution in [0.5, 0.6) is 0 Å². The van der Waals surface area contributed by atoms with Gasteiger partial charge in [0.05, 0.1) is 25.0 Å². The molecule has 0 aliphatic heterocycles. The van der Waals surface area contributed by atoms with Crippen molar-refractivity contribution < 1.29 is 20.4 Å². The van der Waals surface area contributed by atoms with Crippen LogP contribution in [0.4, 0.5) is 11.5 Å². The molecule has 1 aromatic rings. The molecular formula is C8H16N4O4. The van der Waals surface area contributed by atoms with Gasteiger partial charge in [0.2, 0.25) is 0 Å². The maximum Gasteiger partial charge on any atom is 0.145 e. The maximum atomic E-state index is 9.53. The van der Waals surface area contributed by atoms with Gasteiger partial charge in [0, 0.05) is 0 Å². The Bertz CT molecular complexity index is 343.